The number of rotatable bonds is 9. The van der Waals surface area contributed by atoms with Gasteiger partial charge in [0.15, 0.2) is 6.29 Å². The van der Waals surface area contributed by atoms with Crippen molar-refractivity contribution in [2.45, 2.75) is 43.6 Å². The van der Waals surface area contributed by atoms with Crippen LogP contribution in [0.1, 0.15) is 26.2 Å². The molecule has 0 aromatic carbocycles. The van der Waals surface area contributed by atoms with E-state index in [9.17, 15) is 24.0 Å². The van der Waals surface area contributed by atoms with Crippen LogP contribution in [0.25, 0.3) is 0 Å². The Kier molecular flexibility index (Phi) is 6.97. The van der Waals surface area contributed by atoms with Crippen LogP contribution >= 0.6 is 11.8 Å². The smallest absolute Gasteiger partial charge is 0.320 e. The summed E-state index contributed by atoms with van der Waals surface area (Å²) in [6.07, 6.45) is 1.04. The molecule has 3 unspecified atom stereocenters. The van der Waals surface area contributed by atoms with Crippen molar-refractivity contribution in [2.24, 2.45) is 5.73 Å². The fraction of sp³-hybridized carbons (Fsp3) is 0.562. The number of nitrogens with zero attached hydrogens (tertiary/aromatic N) is 1. The molecular formula is C16H21N3O7S. The molecule has 0 aromatic heterocycles. The number of β-lactam (4-membered cyclic amide) rings is 1. The SMILES string of the molecule is CC(=O)OCC1=C(C=O)N2C(=O)C(NC(=O)CCCC(N)C(=O)O)C2SC1. The van der Waals surface area contributed by atoms with Crippen molar-refractivity contribution in [2.75, 3.05) is 12.4 Å². The number of ether oxygens (including phenoxy) is 1. The fourth-order valence-corrected chi connectivity index (χ4v) is 4.10. The van der Waals surface area contributed by atoms with Crippen molar-refractivity contribution in [1.29, 1.82) is 0 Å². The van der Waals surface area contributed by atoms with Gasteiger partial charge < -0.3 is 20.9 Å². The molecule has 27 heavy (non-hydrogen) atoms. The number of aliphatic carboxylic acids is 1. The van der Waals surface area contributed by atoms with Crippen LogP contribution in [0.3, 0.4) is 0 Å². The van der Waals surface area contributed by atoms with E-state index in [2.05, 4.69) is 5.32 Å². The van der Waals surface area contributed by atoms with E-state index in [0.717, 1.165) is 0 Å². The van der Waals surface area contributed by atoms with Crippen molar-refractivity contribution in [3.05, 3.63) is 11.3 Å². The van der Waals surface area contributed by atoms with E-state index in [-0.39, 0.29) is 37.5 Å². The van der Waals surface area contributed by atoms with Crippen molar-refractivity contribution in [1.82, 2.24) is 10.2 Å². The van der Waals surface area contributed by atoms with Crippen molar-refractivity contribution in [3.63, 3.8) is 0 Å². The van der Waals surface area contributed by atoms with Crippen molar-refractivity contribution < 1.29 is 33.8 Å². The lowest BCUT2D eigenvalue weighted by atomic mass is 10.0. The van der Waals surface area contributed by atoms with Gasteiger partial charge in [0.1, 0.15) is 24.1 Å². The van der Waals surface area contributed by atoms with E-state index in [1.165, 1.54) is 23.6 Å². The molecule has 11 heteroatoms. The summed E-state index contributed by atoms with van der Waals surface area (Å²) in [5, 5.41) is 10.9. The maximum Gasteiger partial charge on any atom is 0.320 e. The molecule has 0 bridgehead atoms. The van der Waals surface area contributed by atoms with Crippen LogP contribution in [0.15, 0.2) is 11.3 Å². The van der Waals surface area contributed by atoms with Gasteiger partial charge in [0, 0.05) is 24.7 Å². The van der Waals surface area contributed by atoms with Crippen LogP contribution < -0.4 is 11.1 Å². The number of carbonyl (C=O) groups excluding carboxylic acids is 4. The van der Waals surface area contributed by atoms with E-state index in [1.54, 1.807) is 0 Å². The van der Waals surface area contributed by atoms with Gasteiger partial charge in [-0.2, -0.15) is 0 Å². The van der Waals surface area contributed by atoms with Crippen LogP contribution in [0.4, 0.5) is 0 Å². The molecule has 2 aliphatic rings. The number of esters is 1. The molecule has 148 valence electrons. The Morgan fingerprint density at radius 2 is 2.19 bits per heavy atom. The monoisotopic (exact) mass is 399 g/mol. The van der Waals surface area contributed by atoms with E-state index in [1.807, 2.05) is 0 Å². The summed E-state index contributed by atoms with van der Waals surface area (Å²) < 4.78 is 4.90. The van der Waals surface area contributed by atoms with Gasteiger partial charge in [-0.05, 0) is 12.8 Å². The quantitative estimate of drug-likeness (QED) is 0.251. The molecule has 0 spiro atoms. The summed E-state index contributed by atoms with van der Waals surface area (Å²) in [5.74, 6) is -2.01. The van der Waals surface area contributed by atoms with Crippen LogP contribution in [-0.2, 0) is 28.7 Å². The molecule has 0 radical (unpaired) electrons. The predicted molar refractivity (Wildman–Crippen MR) is 94.2 cm³/mol. The molecule has 0 saturated carbocycles. The molecule has 0 aliphatic carbocycles. The fourth-order valence-electron chi connectivity index (χ4n) is 2.75. The van der Waals surface area contributed by atoms with Gasteiger partial charge in [-0.1, -0.05) is 0 Å². The van der Waals surface area contributed by atoms with Gasteiger partial charge in [-0.3, -0.25) is 28.9 Å². The molecular weight excluding hydrogens is 378 g/mol. The van der Waals surface area contributed by atoms with Gasteiger partial charge in [0.25, 0.3) is 5.91 Å². The third-order valence-corrected chi connectivity index (χ3v) is 5.55. The topological polar surface area (TPSA) is 156 Å². The van der Waals surface area contributed by atoms with Gasteiger partial charge >= 0.3 is 11.9 Å². The maximum absolute atomic E-state index is 12.4. The number of thioether (sulfide) groups is 1. The second-order valence-corrected chi connectivity index (χ2v) is 7.28. The molecule has 0 aromatic rings. The first-order valence-corrected chi connectivity index (χ1v) is 9.34. The summed E-state index contributed by atoms with van der Waals surface area (Å²) in [6.45, 7) is 1.19. The minimum Gasteiger partial charge on any atom is -0.480 e. The van der Waals surface area contributed by atoms with Gasteiger partial charge in [0.2, 0.25) is 5.91 Å². The predicted octanol–water partition coefficient (Wildman–Crippen LogP) is -1.02. The number of hydrogen-bond acceptors (Lipinski definition) is 8. The third-order valence-electron chi connectivity index (χ3n) is 4.21. The Balaban J connectivity index is 1.90. The number of allylic oxidation sites excluding steroid dienone is 1. The first kappa shape index (κ1) is 20.9. The molecule has 10 nitrogen and oxygen atoms in total. The molecule has 1 fully saturated rings. The molecule has 2 heterocycles. The van der Waals surface area contributed by atoms with Crippen LogP contribution in [0.5, 0.6) is 0 Å². The minimum atomic E-state index is -1.13. The lowest BCUT2D eigenvalue weighted by Gasteiger charge is -2.49. The number of hydrogen-bond donors (Lipinski definition) is 3. The highest BCUT2D eigenvalue weighted by molar-refractivity contribution is 8.00. The summed E-state index contributed by atoms with van der Waals surface area (Å²) >= 11 is 1.36. The number of aldehydes is 1. The van der Waals surface area contributed by atoms with E-state index in [4.69, 9.17) is 15.6 Å². The number of nitrogens with one attached hydrogen (secondary N) is 1. The highest BCUT2D eigenvalue weighted by Crippen LogP contribution is 2.39. The second kappa shape index (κ2) is 9.00. The van der Waals surface area contributed by atoms with E-state index < -0.39 is 35.3 Å². The first-order chi connectivity index (χ1) is 12.8. The maximum atomic E-state index is 12.4. The Morgan fingerprint density at radius 1 is 1.48 bits per heavy atom. The average Bonchev–Trinajstić information content (AvgIpc) is 2.63. The van der Waals surface area contributed by atoms with Crippen LogP contribution in [-0.4, -0.2) is 69.9 Å². The van der Waals surface area contributed by atoms with E-state index in [0.29, 0.717) is 17.6 Å². The first-order valence-electron chi connectivity index (χ1n) is 8.29. The summed E-state index contributed by atoms with van der Waals surface area (Å²) in [5.41, 5.74) is 6.09. The van der Waals surface area contributed by atoms with Crippen molar-refractivity contribution >= 4 is 41.8 Å². The number of fused-ring (bicyclic) bond motifs is 1. The van der Waals surface area contributed by atoms with E-state index >= 15 is 0 Å². The van der Waals surface area contributed by atoms with Gasteiger partial charge in [-0.25, -0.2) is 0 Å². The zero-order valence-electron chi connectivity index (χ0n) is 14.7. The Labute approximate surface area is 159 Å². The highest BCUT2D eigenvalue weighted by atomic mass is 32.2. The molecule has 2 amide bonds. The number of carboxylic acid groups (broad SMARTS) is 1. The Bertz CT molecular complexity index is 694. The van der Waals surface area contributed by atoms with Crippen LogP contribution in [0.2, 0.25) is 0 Å². The Hall–Kier alpha value is -2.40. The normalized spacial score (nSPS) is 22.4. The molecule has 2 rings (SSSR count). The molecule has 4 N–H and O–H groups in total. The zero-order valence-corrected chi connectivity index (χ0v) is 15.5. The number of nitrogens with two attached hydrogens (primary N) is 1. The molecule has 1 saturated heterocycles. The standard InChI is InChI=1S/C16H21N3O7S/c1-8(21)26-6-9-7-27-15-13(14(23)19(15)11(9)5-20)18-12(22)4-2-3-10(17)16(24)25/h5,10,13,15H,2-4,6-7,17H2,1H3,(H,18,22)(H,24,25). The number of carboxylic acids is 1. The minimum absolute atomic E-state index is 0.0518. The molecule has 2 aliphatic heterocycles. The van der Waals surface area contributed by atoms with Gasteiger partial charge in [0.05, 0.1) is 5.70 Å². The second-order valence-electron chi connectivity index (χ2n) is 6.18. The van der Waals surface area contributed by atoms with Crippen LogP contribution in [0, 0.1) is 0 Å². The lowest BCUT2D eigenvalue weighted by molar-refractivity contribution is -0.146. The lowest BCUT2D eigenvalue weighted by Crippen LogP contribution is -2.70. The molecule has 3 atom stereocenters. The average molecular weight is 399 g/mol. The zero-order chi connectivity index (χ0) is 20.1. The number of carbonyl (C=O) groups is 5. The highest BCUT2D eigenvalue weighted by Gasteiger charge is 2.52. The number of amides is 2. The summed E-state index contributed by atoms with van der Waals surface area (Å²) in [4.78, 5) is 58.6. The van der Waals surface area contributed by atoms with Gasteiger partial charge in [-0.15, -0.1) is 11.8 Å². The largest absolute Gasteiger partial charge is 0.480 e. The Morgan fingerprint density at radius 3 is 2.78 bits per heavy atom. The summed E-state index contributed by atoms with van der Waals surface area (Å²) in [7, 11) is 0. The summed E-state index contributed by atoms with van der Waals surface area (Å²) in [6, 6.07) is -1.77. The van der Waals surface area contributed by atoms with Crippen molar-refractivity contribution in [3.8, 4) is 0 Å². The third kappa shape index (κ3) is 4.86.